The largest absolute Gasteiger partial charge is 0.454 e. The summed E-state index contributed by atoms with van der Waals surface area (Å²) in [6.07, 6.45) is 1.87. The van der Waals surface area contributed by atoms with E-state index in [2.05, 4.69) is 11.2 Å². The van der Waals surface area contributed by atoms with E-state index < -0.39 is 5.97 Å². The molecule has 0 atom stereocenters. The number of aromatic nitrogens is 2. The first-order valence-electron chi connectivity index (χ1n) is 8.45. The predicted octanol–water partition coefficient (Wildman–Crippen LogP) is 4.43. The van der Waals surface area contributed by atoms with Crippen LogP contribution in [0, 0.1) is 11.3 Å². The van der Waals surface area contributed by atoms with Gasteiger partial charge in [0, 0.05) is 11.6 Å². The molecular formula is C21H15N3O3. The van der Waals surface area contributed by atoms with Crippen LogP contribution in [0.1, 0.15) is 16.8 Å². The van der Waals surface area contributed by atoms with Crippen LogP contribution in [-0.4, -0.2) is 15.7 Å². The number of rotatable bonds is 5. The zero-order chi connectivity index (χ0) is 18.6. The van der Waals surface area contributed by atoms with E-state index in [1.165, 1.54) is 0 Å². The van der Waals surface area contributed by atoms with Gasteiger partial charge < -0.3 is 9.15 Å². The van der Waals surface area contributed by atoms with Crippen molar-refractivity contribution in [3.63, 3.8) is 0 Å². The molecule has 0 unspecified atom stereocenters. The number of aryl methyl sites for hydroxylation is 1. The highest BCUT2D eigenvalue weighted by molar-refractivity contribution is 5.97. The topological polar surface area (TPSA) is 81.0 Å². The second-order valence-electron chi connectivity index (χ2n) is 5.91. The first-order valence-corrected chi connectivity index (χ1v) is 8.45. The van der Waals surface area contributed by atoms with Crippen LogP contribution in [0.4, 0.5) is 0 Å². The van der Waals surface area contributed by atoms with Crippen molar-refractivity contribution in [1.29, 1.82) is 5.26 Å². The van der Waals surface area contributed by atoms with Gasteiger partial charge in [0.25, 0.3) is 0 Å². The molecule has 0 saturated heterocycles. The van der Waals surface area contributed by atoms with Crippen LogP contribution in [0.25, 0.3) is 22.4 Å². The lowest BCUT2D eigenvalue weighted by molar-refractivity contribution is 0.0735. The number of para-hydroxylation sites is 2. The van der Waals surface area contributed by atoms with Gasteiger partial charge in [-0.1, -0.05) is 36.4 Å². The third-order valence-corrected chi connectivity index (χ3v) is 4.05. The van der Waals surface area contributed by atoms with Gasteiger partial charge in [0.1, 0.15) is 22.6 Å². The average Bonchev–Trinajstić information content (AvgIpc) is 3.31. The lowest BCUT2D eigenvalue weighted by atomic mass is 10.2. The maximum Gasteiger partial charge on any atom is 0.347 e. The van der Waals surface area contributed by atoms with E-state index in [4.69, 9.17) is 14.4 Å². The standard InChI is InChI=1S/C21H15N3O3/c22-11-6-12-24-14-17(21(25)26-16-8-2-1-3-9-16)20(23-24)19-13-15-7-4-5-10-18(15)27-19/h1-5,7-10,13-14H,6,12H2. The second kappa shape index (κ2) is 7.18. The van der Waals surface area contributed by atoms with Gasteiger partial charge in [0.05, 0.1) is 19.0 Å². The Morgan fingerprint density at radius 2 is 1.93 bits per heavy atom. The predicted molar refractivity (Wildman–Crippen MR) is 99.1 cm³/mol. The Labute approximate surface area is 155 Å². The summed E-state index contributed by atoms with van der Waals surface area (Å²) in [7, 11) is 0. The fourth-order valence-electron chi connectivity index (χ4n) is 2.78. The first-order chi connectivity index (χ1) is 13.2. The molecule has 132 valence electrons. The number of ether oxygens (including phenoxy) is 1. The van der Waals surface area contributed by atoms with Gasteiger partial charge in [-0.15, -0.1) is 0 Å². The minimum absolute atomic E-state index is 0.286. The van der Waals surface area contributed by atoms with E-state index in [0.717, 1.165) is 5.39 Å². The Kier molecular flexibility index (Phi) is 4.42. The van der Waals surface area contributed by atoms with E-state index in [1.807, 2.05) is 36.4 Å². The molecule has 4 rings (SSSR count). The minimum Gasteiger partial charge on any atom is -0.454 e. The number of nitrogens with zero attached hydrogens (tertiary/aromatic N) is 3. The van der Waals surface area contributed by atoms with Gasteiger partial charge in [-0.25, -0.2) is 4.79 Å². The van der Waals surface area contributed by atoms with Gasteiger partial charge in [0.15, 0.2) is 5.76 Å². The number of benzene rings is 2. The maximum absolute atomic E-state index is 12.7. The summed E-state index contributed by atoms with van der Waals surface area (Å²) >= 11 is 0. The monoisotopic (exact) mass is 357 g/mol. The molecule has 0 amide bonds. The second-order valence-corrected chi connectivity index (χ2v) is 5.91. The molecule has 0 fully saturated rings. The minimum atomic E-state index is -0.528. The quantitative estimate of drug-likeness (QED) is 0.390. The van der Waals surface area contributed by atoms with Gasteiger partial charge in [-0.05, 0) is 24.3 Å². The van der Waals surface area contributed by atoms with Crippen LogP contribution in [-0.2, 0) is 6.54 Å². The van der Waals surface area contributed by atoms with Gasteiger partial charge in [0.2, 0.25) is 0 Å². The van der Waals surface area contributed by atoms with Crippen LogP contribution in [0.3, 0.4) is 0 Å². The number of furan rings is 1. The molecule has 6 nitrogen and oxygen atoms in total. The molecule has 2 aromatic carbocycles. The van der Waals surface area contributed by atoms with Crippen molar-refractivity contribution in [1.82, 2.24) is 9.78 Å². The van der Waals surface area contributed by atoms with Crippen LogP contribution >= 0.6 is 0 Å². The van der Waals surface area contributed by atoms with Crippen molar-refractivity contribution in [3.8, 4) is 23.3 Å². The summed E-state index contributed by atoms with van der Waals surface area (Å²) in [5.74, 6) is 0.398. The number of hydrogen-bond donors (Lipinski definition) is 0. The Morgan fingerprint density at radius 3 is 2.70 bits per heavy atom. The first kappa shape index (κ1) is 16.6. The Hall–Kier alpha value is -3.85. The molecule has 4 aromatic rings. The Bertz CT molecular complexity index is 1100. The molecule has 0 spiro atoms. The molecule has 2 heterocycles. The molecule has 0 aliphatic heterocycles. The number of esters is 1. The van der Waals surface area contributed by atoms with E-state index in [0.29, 0.717) is 29.3 Å². The molecule has 0 aliphatic rings. The molecule has 6 heteroatoms. The van der Waals surface area contributed by atoms with Crippen molar-refractivity contribution in [2.45, 2.75) is 13.0 Å². The fourth-order valence-corrected chi connectivity index (χ4v) is 2.78. The number of nitriles is 1. The highest BCUT2D eigenvalue weighted by Gasteiger charge is 2.22. The Morgan fingerprint density at radius 1 is 1.15 bits per heavy atom. The number of carbonyl (C=O) groups is 1. The van der Waals surface area contributed by atoms with Crippen LogP contribution < -0.4 is 4.74 Å². The van der Waals surface area contributed by atoms with Crippen molar-refractivity contribution < 1.29 is 13.9 Å². The van der Waals surface area contributed by atoms with Crippen molar-refractivity contribution in [2.75, 3.05) is 0 Å². The molecule has 27 heavy (non-hydrogen) atoms. The number of carbonyl (C=O) groups excluding carboxylic acids is 1. The summed E-state index contributed by atoms with van der Waals surface area (Å²) in [5, 5.41) is 14.2. The third kappa shape index (κ3) is 3.44. The van der Waals surface area contributed by atoms with Gasteiger partial charge in [-0.2, -0.15) is 10.4 Å². The lowest BCUT2D eigenvalue weighted by Gasteiger charge is -2.03. The molecule has 2 aromatic heterocycles. The SMILES string of the molecule is N#CCCn1cc(C(=O)Oc2ccccc2)c(-c2cc3ccccc3o2)n1. The molecule has 0 saturated carbocycles. The summed E-state index contributed by atoms with van der Waals surface area (Å²) in [6, 6.07) is 20.3. The average molecular weight is 357 g/mol. The summed E-state index contributed by atoms with van der Waals surface area (Å²) < 4.78 is 12.9. The molecule has 0 N–H and O–H groups in total. The van der Waals surface area contributed by atoms with Crippen LogP contribution in [0.5, 0.6) is 5.75 Å². The highest BCUT2D eigenvalue weighted by Crippen LogP contribution is 2.29. The summed E-state index contributed by atoms with van der Waals surface area (Å²) in [4.78, 5) is 12.7. The van der Waals surface area contributed by atoms with E-state index >= 15 is 0 Å². The molecule has 0 radical (unpaired) electrons. The lowest BCUT2D eigenvalue weighted by Crippen LogP contribution is -2.08. The Balaban J connectivity index is 1.74. The summed E-state index contributed by atoms with van der Waals surface area (Å²) in [5.41, 5.74) is 1.39. The smallest absolute Gasteiger partial charge is 0.347 e. The highest BCUT2D eigenvalue weighted by atomic mass is 16.5. The molecule has 0 aliphatic carbocycles. The maximum atomic E-state index is 12.7. The molecular weight excluding hydrogens is 342 g/mol. The van der Waals surface area contributed by atoms with Crippen molar-refractivity contribution in [3.05, 3.63) is 72.4 Å². The zero-order valence-electron chi connectivity index (χ0n) is 14.3. The van der Waals surface area contributed by atoms with Gasteiger partial charge in [-0.3, -0.25) is 4.68 Å². The van der Waals surface area contributed by atoms with Crippen molar-refractivity contribution >= 4 is 16.9 Å². The van der Waals surface area contributed by atoms with Crippen molar-refractivity contribution in [2.24, 2.45) is 0 Å². The van der Waals surface area contributed by atoms with Crippen LogP contribution in [0.15, 0.2) is 71.3 Å². The number of hydrogen-bond acceptors (Lipinski definition) is 5. The van der Waals surface area contributed by atoms with E-state index in [-0.39, 0.29) is 12.0 Å². The number of fused-ring (bicyclic) bond motifs is 1. The third-order valence-electron chi connectivity index (χ3n) is 4.05. The van der Waals surface area contributed by atoms with E-state index in [1.54, 1.807) is 35.1 Å². The fraction of sp³-hybridized carbons (Fsp3) is 0.0952. The van der Waals surface area contributed by atoms with E-state index in [9.17, 15) is 4.79 Å². The van der Waals surface area contributed by atoms with Gasteiger partial charge >= 0.3 is 5.97 Å². The van der Waals surface area contributed by atoms with Crippen LogP contribution in [0.2, 0.25) is 0 Å². The summed E-state index contributed by atoms with van der Waals surface area (Å²) in [6.45, 7) is 0.377. The normalized spacial score (nSPS) is 10.6. The molecule has 0 bridgehead atoms. The zero-order valence-corrected chi connectivity index (χ0v) is 14.3.